The van der Waals surface area contributed by atoms with Gasteiger partial charge < -0.3 is 14.2 Å². The fraction of sp³-hybridized carbons (Fsp3) is 0.143. The molecule has 2 aromatic heterocycles. The molecule has 0 spiro atoms. The van der Waals surface area contributed by atoms with Crippen LogP contribution in [0.2, 0.25) is 0 Å². The molecule has 0 bridgehead atoms. The highest BCUT2D eigenvalue weighted by molar-refractivity contribution is 5.89. The maximum Gasteiger partial charge on any atom is 0.358 e. The first-order valence-corrected chi connectivity index (χ1v) is 5.83. The number of carboxylic acid groups (broad SMARTS) is 1. The maximum absolute atomic E-state index is 10.8. The molecule has 1 aromatic carbocycles. The van der Waals surface area contributed by atoms with Crippen LogP contribution in [0, 0.1) is 6.92 Å². The van der Waals surface area contributed by atoms with E-state index in [1.54, 1.807) is 0 Å². The lowest BCUT2D eigenvalue weighted by atomic mass is 10.2. The number of aryl methyl sites for hydroxylation is 2. The van der Waals surface area contributed by atoms with Gasteiger partial charge in [0.15, 0.2) is 11.5 Å². The van der Waals surface area contributed by atoms with Crippen molar-refractivity contribution in [1.82, 2.24) is 9.72 Å². The lowest BCUT2D eigenvalue weighted by Gasteiger charge is -2.00. The Hall–Kier alpha value is -2.56. The number of benzene rings is 1. The van der Waals surface area contributed by atoms with Crippen LogP contribution in [0.25, 0.3) is 22.4 Å². The smallest absolute Gasteiger partial charge is 0.358 e. The molecule has 0 aliphatic carbocycles. The Kier molecular flexibility index (Phi) is 2.41. The van der Waals surface area contributed by atoms with E-state index in [9.17, 15) is 4.79 Å². The molecule has 0 atom stereocenters. The summed E-state index contributed by atoms with van der Waals surface area (Å²) in [6.07, 6.45) is 0. The maximum atomic E-state index is 10.8. The average Bonchev–Trinajstić information content (AvgIpc) is 2.95. The molecule has 0 amide bonds. The highest BCUT2D eigenvalue weighted by Crippen LogP contribution is 2.28. The molecule has 0 aliphatic rings. The lowest BCUT2D eigenvalue weighted by molar-refractivity contribution is 0.0686. The third kappa shape index (κ3) is 1.79. The van der Waals surface area contributed by atoms with Gasteiger partial charge in [-0.3, -0.25) is 0 Å². The molecule has 0 radical (unpaired) electrons. The van der Waals surface area contributed by atoms with Crippen molar-refractivity contribution in [3.63, 3.8) is 0 Å². The van der Waals surface area contributed by atoms with E-state index in [4.69, 9.17) is 9.63 Å². The minimum absolute atomic E-state index is 0.0866. The van der Waals surface area contributed by atoms with Crippen LogP contribution in [-0.4, -0.2) is 20.8 Å². The Bertz CT molecular complexity index is 783. The number of aromatic carboxylic acids is 1. The number of aromatic nitrogens is 2. The van der Waals surface area contributed by atoms with Crippen molar-refractivity contribution in [2.75, 3.05) is 0 Å². The molecular weight excluding hydrogens is 244 g/mol. The number of hydrogen-bond acceptors (Lipinski definition) is 3. The zero-order valence-corrected chi connectivity index (χ0v) is 10.5. The summed E-state index contributed by atoms with van der Waals surface area (Å²) >= 11 is 0. The van der Waals surface area contributed by atoms with Crippen molar-refractivity contribution in [3.05, 3.63) is 41.6 Å². The summed E-state index contributed by atoms with van der Waals surface area (Å²) in [4.78, 5) is 10.8. The predicted octanol–water partition coefficient (Wildman–Crippen LogP) is 2.84. The minimum Gasteiger partial charge on any atom is -0.476 e. The SMILES string of the molecule is Cc1ccc2cc(-c3cc(C(=O)O)no3)n(C)c2c1. The van der Waals surface area contributed by atoms with Crippen LogP contribution in [0.1, 0.15) is 16.1 Å². The molecule has 1 N–H and O–H groups in total. The van der Waals surface area contributed by atoms with E-state index in [-0.39, 0.29) is 5.69 Å². The normalized spacial score (nSPS) is 11.1. The number of carboxylic acids is 1. The second-order valence-electron chi connectivity index (χ2n) is 4.53. The van der Waals surface area contributed by atoms with E-state index in [2.05, 4.69) is 11.2 Å². The van der Waals surface area contributed by atoms with E-state index >= 15 is 0 Å². The first-order valence-electron chi connectivity index (χ1n) is 5.83. The molecule has 96 valence electrons. The quantitative estimate of drug-likeness (QED) is 0.765. The molecule has 0 unspecified atom stereocenters. The van der Waals surface area contributed by atoms with Crippen molar-refractivity contribution < 1.29 is 14.4 Å². The third-order valence-electron chi connectivity index (χ3n) is 3.18. The van der Waals surface area contributed by atoms with Gasteiger partial charge in [-0.1, -0.05) is 17.3 Å². The molecule has 0 saturated heterocycles. The van der Waals surface area contributed by atoms with Gasteiger partial charge in [-0.15, -0.1) is 0 Å². The molecule has 5 heteroatoms. The van der Waals surface area contributed by atoms with E-state index in [1.807, 2.05) is 36.7 Å². The fourth-order valence-electron chi connectivity index (χ4n) is 2.17. The van der Waals surface area contributed by atoms with Crippen molar-refractivity contribution in [2.45, 2.75) is 6.92 Å². The second kappa shape index (κ2) is 3.98. The molecule has 3 aromatic rings. The first kappa shape index (κ1) is 11.5. The number of nitrogens with zero attached hydrogens (tertiary/aromatic N) is 2. The molecule has 0 fully saturated rings. The van der Waals surface area contributed by atoms with Crippen molar-refractivity contribution in [3.8, 4) is 11.5 Å². The zero-order chi connectivity index (χ0) is 13.6. The molecule has 2 heterocycles. The Morgan fingerprint density at radius 3 is 2.79 bits per heavy atom. The van der Waals surface area contributed by atoms with Gasteiger partial charge in [-0.2, -0.15) is 0 Å². The summed E-state index contributed by atoms with van der Waals surface area (Å²) in [6.45, 7) is 2.03. The number of rotatable bonds is 2. The summed E-state index contributed by atoms with van der Waals surface area (Å²) < 4.78 is 7.07. The zero-order valence-electron chi connectivity index (χ0n) is 10.5. The molecule has 5 nitrogen and oxygen atoms in total. The summed E-state index contributed by atoms with van der Waals surface area (Å²) in [5.41, 5.74) is 2.96. The number of carbonyl (C=O) groups is 1. The molecular formula is C14H12N2O3. The van der Waals surface area contributed by atoms with Crippen LogP contribution in [-0.2, 0) is 7.05 Å². The van der Waals surface area contributed by atoms with Gasteiger partial charge in [-0.05, 0) is 24.6 Å². The van der Waals surface area contributed by atoms with Crippen LogP contribution in [0.5, 0.6) is 0 Å². The Balaban J connectivity index is 2.19. The third-order valence-corrected chi connectivity index (χ3v) is 3.18. The fourth-order valence-corrected chi connectivity index (χ4v) is 2.17. The minimum atomic E-state index is -1.09. The van der Waals surface area contributed by atoms with Crippen molar-refractivity contribution in [2.24, 2.45) is 7.05 Å². The summed E-state index contributed by atoms with van der Waals surface area (Å²) in [6, 6.07) is 9.54. The second-order valence-corrected chi connectivity index (χ2v) is 4.53. The van der Waals surface area contributed by atoms with Crippen LogP contribution in [0.4, 0.5) is 0 Å². The summed E-state index contributed by atoms with van der Waals surface area (Å²) in [7, 11) is 1.92. The monoisotopic (exact) mass is 256 g/mol. The number of fused-ring (bicyclic) bond motifs is 1. The van der Waals surface area contributed by atoms with Gasteiger partial charge >= 0.3 is 5.97 Å². The first-order chi connectivity index (χ1) is 9.06. The Labute approximate surface area is 109 Å². The van der Waals surface area contributed by atoms with E-state index in [0.717, 1.165) is 16.6 Å². The highest BCUT2D eigenvalue weighted by Gasteiger charge is 2.16. The van der Waals surface area contributed by atoms with Gasteiger partial charge in [0, 0.05) is 24.0 Å². The topological polar surface area (TPSA) is 68.3 Å². The van der Waals surface area contributed by atoms with Crippen molar-refractivity contribution in [1.29, 1.82) is 0 Å². The van der Waals surface area contributed by atoms with E-state index in [0.29, 0.717) is 5.76 Å². The summed E-state index contributed by atoms with van der Waals surface area (Å²) in [5.74, 6) is -0.640. The van der Waals surface area contributed by atoms with Crippen LogP contribution in [0.15, 0.2) is 34.9 Å². The molecule has 19 heavy (non-hydrogen) atoms. The van der Waals surface area contributed by atoms with Gasteiger partial charge in [-0.25, -0.2) is 4.79 Å². The molecule has 0 aliphatic heterocycles. The van der Waals surface area contributed by atoms with Crippen LogP contribution >= 0.6 is 0 Å². The van der Waals surface area contributed by atoms with E-state index in [1.165, 1.54) is 11.6 Å². The largest absolute Gasteiger partial charge is 0.476 e. The molecule has 3 rings (SSSR count). The Morgan fingerprint density at radius 1 is 1.32 bits per heavy atom. The predicted molar refractivity (Wildman–Crippen MR) is 70.1 cm³/mol. The van der Waals surface area contributed by atoms with Crippen LogP contribution in [0.3, 0.4) is 0 Å². The van der Waals surface area contributed by atoms with Gasteiger partial charge in [0.2, 0.25) is 0 Å². The van der Waals surface area contributed by atoms with Gasteiger partial charge in [0.1, 0.15) is 0 Å². The number of hydrogen-bond donors (Lipinski definition) is 1. The van der Waals surface area contributed by atoms with Gasteiger partial charge in [0.05, 0.1) is 5.69 Å². The average molecular weight is 256 g/mol. The van der Waals surface area contributed by atoms with E-state index < -0.39 is 5.97 Å². The summed E-state index contributed by atoms with van der Waals surface area (Å²) in [5, 5.41) is 13.5. The van der Waals surface area contributed by atoms with Gasteiger partial charge in [0.25, 0.3) is 0 Å². The lowest BCUT2D eigenvalue weighted by Crippen LogP contribution is -1.94. The molecule has 0 saturated carbocycles. The van der Waals surface area contributed by atoms with Crippen molar-refractivity contribution >= 4 is 16.9 Å². The van der Waals surface area contributed by atoms with Crippen LogP contribution < -0.4 is 0 Å². The highest BCUT2D eigenvalue weighted by atomic mass is 16.5. The standard InChI is InChI=1S/C14H12N2O3/c1-8-3-4-9-6-12(16(2)11(9)5-8)13-7-10(14(17)18)15-19-13/h3-7H,1-2H3,(H,17,18). The Morgan fingerprint density at radius 2 is 2.11 bits per heavy atom.